The van der Waals surface area contributed by atoms with Gasteiger partial charge in [0, 0.05) is 30.5 Å². The summed E-state index contributed by atoms with van der Waals surface area (Å²) in [6, 6.07) is 23.2. The fourth-order valence-corrected chi connectivity index (χ4v) is 5.92. The summed E-state index contributed by atoms with van der Waals surface area (Å²) in [5, 5.41) is 18.0. The smallest absolute Gasteiger partial charge is 0.231 e. The molecule has 0 aromatic heterocycles. The fourth-order valence-electron chi connectivity index (χ4n) is 5.92. The molecule has 7 heteroatoms. The zero-order valence-electron chi connectivity index (χ0n) is 22.1. The number of hydrogen-bond acceptors (Lipinski definition) is 7. The molecule has 38 heavy (non-hydrogen) atoms. The van der Waals surface area contributed by atoms with Crippen molar-refractivity contribution in [1.82, 2.24) is 20.4 Å². The molecule has 7 nitrogen and oxygen atoms in total. The molecule has 0 aliphatic carbocycles. The van der Waals surface area contributed by atoms with E-state index in [4.69, 9.17) is 9.47 Å². The number of benzene rings is 3. The van der Waals surface area contributed by atoms with Gasteiger partial charge in [0.05, 0.1) is 6.04 Å². The van der Waals surface area contributed by atoms with E-state index in [2.05, 4.69) is 90.2 Å². The first-order valence-corrected chi connectivity index (χ1v) is 13.6. The summed E-state index contributed by atoms with van der Waals surface area (Å²) in [5.74, 6) is 1.73. The predicted octanol–water partition coefficient (Wildman–Crippen LogP) is 4.43. The highest BCUT2D eigenvalue weighted by molar-refractivity contribution is 5.56. The number of nitrogens with zero attached hydrogens (tertiary/aromatic N) is 2. The Kier molecular flexibility index (Phi) is 6.98. The fraction of sp³-hybridized carbons (Fsp3) is 0.355. The number of fused-ring (bicyclic) bond motifs is 3. The topological polar surface area (TPSA) is 69.2 Å². The Labute approximate surface area is 224 Å². The van der Waals surface area contributed by atoms with E-state index in [1.54, 1.807) is 0 Å². The summed E-state index contributed by atoms with van der Waals surface area (Å²) >= 11 is 0. The number of rotatable bonds is 8. The van der Waals surface area contributed by atoms with Gasteiger partial charge >= 0.3 is 0 Å². The van der Waals surface area contributed by atoms with Crippen LogP contribution in [0, 0.1) is 0 Å². The molecule has 3 aliphatic heterocycles. The second-order valence-electron chi connectivity index (χ2n) is 10.1. The van der Waals surface area contributed by atoms with Crippen molar-refractivity contribution in [2.75, 3.05) is 33.0 Å². The van der Waals surface area contributed by atoms with Gasteiger partial charge in [-0.05, 0) is 47.8 Å². The zero-order chi connectivity index (χ0) is 26.1. The first-order chi connectivity index (χ1) is 18.7. The highest BCUT2D eigenvalue weighted by Gasteiger charge is 2.34. The molecule has 0 radical (unpaired) electrons. The lowest BCUT2D eigenvalue weighted by molar-refractivity contribution is 0.00899. The van der Waals surface area contributed by atoms with Crippen LogP contribution in [0.3, 0.4) is 0 Å². The Hall–Kier alpha value is -3.52. The van der Waals surface area contributed by atoms with Gasteiger partial charge < -0.3 is 25.2 Å². The first kappa shape index (κ1) is 24.8. The molecule has 3 aromatic rings. The molecule has 0 bridgehead atoms. The van der Waals surface area contributed by atoms with Gasteiger partial charge in [-0.15, -0.1) is 0 Å². The molecular weight excluding hydrogens is 476 g/mol. The lowest BCUT2D eigenvalue weighted by Gasteiger charge is -2.38. The molecule has 0 fully saturated rings. The van der Waals surface area contributed by atoms with Gasteiger partial charge in [0.25, 0.3) is 0 Å². The van der Waals surface area contributed by atoms with Gasteiger partial charge in [0.2, 0.25) is 6.79 Å². The van der Waals surface area contributed by atoms with Crippen LogP contribution in [-0.4, -0.2) is 47.9 Å². The van der Waals surface area contributed by atoms with E-state index in [-0.39, 0.29) is 19.0 Å². The van der Waals surface area contributed by atoms with Crippen molar-refractivity contribution in [3.05, 3.63) is 106 Å². The molecule has 3 aliphatic rings. The number of aliphatic hydroxyl groups excluding tert-OH is 1. The quantitative estimate of drug-likeness (QED) is 0.386. The van der Waals surface area contributed by atoms with Crippen LogP contribution >= 0.6 is 0 Å². The zero-order valence-corrected chi connectivity index (χ0v) is 22.1. The van der Waals surface area contributed by atoms with Crippen molar-refractivity contribution in [1.29, 1.82) is 0 Å². The van der Waals surface area contributed by atoms with Crippen LogP contribution < -0.4 is 20.1 Å². The van der Waals surface area contributed by atoms with Gasteiger partial charge in [-0.1, -0.05) is 74.5 Å². The van der Waals surface area contributed by atoms with E-state index in [1.807, 2.05) is 17.0 Å². The summed E-state index contributed by atoms with van der Waals surface area (Å²) in [5.41, 5.74) is 6.99. The average Bonchev–Trinajstić information content (AvgIpc) is 3.64. The summed E-state index contributed by atoms with van der Waals surface area (Å²) in [6.45, 7) is 7.72. The van der Waals surface area contributed by atoms with E-state index in [0.29, 0.717) is 0 Å². The van der Waals surface area contributed by atoms with E-state index >= 15 is 0 Å². The second kappa shape index (κ2) is 10.7. The van der Waals surface area contributed by atoms with Gasteiger partial charge in [-0.2, -0.15) is 0 Å². The molecule has 3 unspecified atom stereocenters. The molecule has 3 atom stereocenters. The van der Waals surface area contributed by atoms with Crippen LogP contribution in [0.2, 0.25) is 0 Å². The van der Waals surface area contributed by atoms with Crippen LogP contribution in [0.15, 0.2) is 78.6 Å². The van der Waals surface area contributed by atoms with Crippen molar-refractivity contribution in [3.63, 3.8) is 0 Å². The Morgan fingerprint density at radius 3 is 2.53 bits per heavy atom. The minimum Gasteiger partial charge on any atom is -0.454 e. The largest absolute Gasteiger partial charge is 0.454 e. The minimum absolute atomic E-state index is 0.0615. The second-order valence-corrected chi connectivity index (χ2v) is 10.1. The third kappa shape index (κ3) is 4.62. The number of aliphatic hydroxyl groups is 1. The SMILES string of the molecule is CCN(CC)C(O)c1ccc(C2c3ccc4c(c3CCN2CC2=CNC(c3ccccc3)N2)OCO4)cc1. The third-order valence-electron chi connectivity index (χ3n) is 7.96. The highest BCUT2D eigenvalue weighted by Crippen LogP contribution is 2.45. The van der Waals surface area contributed by atoms with Crippen molar-refractivity contribution < 1.29 is 14.6 Å². The molecule has 6 rings (SSSR count). The van der Waals surface area contributed by atoms with Crippen molar-refractivity contribution >= 4 is 0 Å². The molecular formula is C31H36N4O3. The van der Waals surface area contributed by atoms with E-state index in [1.165, 1.54) is 28.0 Å². The van der Waals surface area contributed by atoms with Gasteiger partial charge in [0.1, 0.15) is 12.4 Å². The number of ether oxygens (including phenoxy) is 2. The Balaban J connectivity index is 1.29. The van der Waals surface area contributed by atoms with E-state index in [9.17, 15) is 5.11 Å². The molecule has 3 heterocycles. The summed E-state index contributed by atoms with van der Waals surface area (Å²) in [7, 11) is 0. The van der Waals surface area contributed by atoms with Crippen molar-refractivity contribution in [2.24, 2.45) is 0 Å². The van der Waals surface area contributed by atoms with Crippen molar-refractivity contribution in [2.45, 2.75) is 38.7 Å². The van der Waals surface area contributed by atoms with E-state index < -0.39 is 6.23 Å². The summed E-state index contributed by atoms with van der Waals surface area (Å²) in [6.07, 6.45) is 2.49. The molecule has 0 amide bonds. The molecule has 3 N–H and O–H groups in total. The Morgan fingerprint density at radius 1 is 0.974 bits per heavy atom. The summed E-state index contributed by atoms with van der Waals surface area (Å²) in [4.78, 5) is 4.57. The van der Waals surface area contributed by atoms with Crippen LogP contribution in [0.25, 0.3) is 0 Å². The van der Waals surface area contributed by atoms with Gasteiger partial charge in [0.15, 0.2) is 11.5 Å². The molecule has 0 saturated carbocycles. The standard InChI is InChI=1S/C31H36N4O3/c1-3-34(4-2)31(36)23-12-10-21(11-13-23)28-25-14-15-27-29(38-20-37-27)26(25)16-17-35(28)19-24-18-32-30(33-24)22-8-6-5-7-9-22/h5-15,18,28,30-33,36H,3-4,16-17,19-20H2,1-2H3. The van der Waals surface area contributed by atoms with Gasteiger partial charge in [-0.25, -0.2) is 0 Å². The minimum atomic E-state index is -0.601. The van der Waals surface area contributed by atoms with Gasteiger partial charge in [-0.3, -0.25) is 9.80 Å². The summed E-state index contributed by atoms with van der Waals surface area (Å²) < 4.78 is 11.6. The molecule has 0 saturated heterocycles. The Bertz CT molecular complexity index is 1290. The Morgan fingerprint density at radius 2 is 1.76 bits per heavy atom. The number of nitrogens with one attached hydrogen (secondary N) is 2. The lowest BCUT2D eigenvalue weighted by atomic mass is 9.87. The average molecular weight is 513 g/mol. The third-order valence-corrected chi connectivity index (χ3v) is 7.96. The predicted molar refractivity (Wildman–Crippen MR) is 148 cm³/mol. The first-order valence-electron chi connectivity index (χ1n) is 13.6. The van der Waals surface area contributed by atoms with Crippen LogP contribution in [0.5, 0.6) is 11.5 Å². The van der Waals surface area contributed by atoms with E-state index in [0.717, 1.165) is 49.7 Å². The number of hydrogen-bond donors (Lipinski definition) is 3. The van der Waals surface area contributed by atoms with Crippen molar-refractivity contribution in [3.8, 4) is 11.5 Å². The maximum absolute atomic E-state index is 10.9. The van der Waals surface area contributed by atoms with Crippen LogP contribution in [0.4, 0.5) is 0 Å². The molecule has 3 aromatic carbocycles. The normalized spacial score (nSPS) is 21.0. The molecule has 0 spiro atoms. The lowest BCUT2D eigenvalue weighted by Crippen LogP contribution is -2.39. The van der Waals surface area contributed by atoms with Crippen LogP contribution in [-0.2, 0) is 6.42 Å². The maximum atomic E-state index is 10.9. The van der Waals surface area contributed by atoms with Crippen LogP contribution in [0.1, 0.15) is 60.1 Å². The highest BCUT2D eigenvalue weighted by atomic mass is 16.7. The maximum Gasteiger partial charge on any atom is 0.231 e. The monoisotopic (exact) mass is 512 g/mol. The molecule has 198 valence electrons.